The van der Waals surface area contributed by atoms with E-state index >= 15 is 0 Å². The maximum absolute atomic E-state index is 13.5. The molecule has 0 aliphatic rings. The highest BCUT2D eigenvalue weighted by Gasteiger charge is 2.14. The van der Waals surface area contributed by atoms with E-state index in [1.165, 1.54) is 36.7 Å². The molecule has 2 heterocycles. The topological polar surface area (TPSA) is 81.3 Å². The van der Waals surface area contributed by atoms with Gasteiger partial charge < -0.3 is 5.32 Å². The quantitative estimate of drug-likeness (QED) is 0.593. The molecular weight excluding hydrogens is 356 g/mol. The van der Waals surface area contributed by atoms with Crippen LogP contribution in [0.25, 0.3) is 16.6 Å². The van der Waals surface area contributed by atoms with Crippen LogP contribution in [0.1, 0.15) is 5.56 Å². The summed E-state index contributed by atoms with van der Waals surface area (Å²) >= 11 is 0. The molecule has 0 atom stereocenters. The van der Waals surface area contributed by atoms with Crippen molar-refractivity contribution in [2.75, 3.05) is 0 Å². The molecule has 27 heavy (non-hydrogen) atoms. The first-order valence-electron chi connectivity index (χ1n) is 8.06. The summed E-state index contributed by atoms with van der Waals surface area (Å²) in [4.78, 5) is 28.6. The summed E-state index contributed by atoms with van der Waals surface area (Å²) in [6.45, 7) is -0.116. The zero-order chi connectivity index (χ0) is 19.0. The van der Waals surface area contributed by atoms with Gasteiger partial charge in [0.05, 0.1) is 5.52 Å². The second kappa shape index (κ2) is 6.60. The van der Waals surface area contributed by atoms with Crippen molar-refractivity contribution in [3.05, 3.63) is 76.5 Å². The lowest BCUT2D eigenvalue weighted by Crippen LogP contribution is -2.32. The number of aromatic nitrogens is 4. The van der Waals surface area contributed by atoms with Gasteiger partial charge in [0, 0.05) is 11.9 Å². The second-order valence-electron chi connectivity index (χ2n) is 5.94. The fraction of sp³-hybridized carbons (Fsp3) is 0.111. The summed E-state index contributed by atoms with van der Waals surface area (Å²) in [5, 5.41) is 7.15. The van der Waals surface area contributed by atoms with Crippen molar-refractivity contribution in [2.24, 2.45) is 0 Å². The minimum Gasteiger partial charge on any atom is -0.350 e. The molecule has 2 aromatic carbocycles. The molecule has 0 unspecified atom stereocenters. The van der Waals surface area contributed by atoms with E-state index < -0.39 is 17.4 Å². The van der Waals surface area contributed by atoms with E-state index in [1.54, 1.807) is 12.1 Å². The van der Waals surface area contributed by atoms with E-state index in [2.05, 4.69) is 15.4 Å². The van der Waals surface area contributed by atoms with E-state index in [0.717, 1.165) is 14.6 Å². The molecule has 0 bridgehead atoms. The molecule has 0 aliphatic heterocycles. The Morgan fingerprint density at radius 2 is 1.81 bits per heavy atom. The highest BCUT2D eigenvalue weighted by molar-refractivity contribution is 5.90. The average Bonchev–Trinajstić information content (AvgIpc) is 2.97. The Balaban J connectivity index is 1.58. The van der Waals surface area contributed by atoms with E-state index in [4.69, 9.17) is 0 Å². The molecule has 1 amide bonds. The standard InChI is InChI=1S/C18H13F2N5O2/c19-12-3-1-11(2-4-12)8-21-16(26)9-25-18(27)24-10-22-15-6-5-13(20)7-14(15)17(24)23-25/h1-7,10H,8-9H2,(H,21,26). The van der Waals surface area contributed by atoms with Crippen molar-refractivity contribution in [2.45, 2.75) is 13.1 Å². The highest BCUT2D eigenvalue weighted by Crippen LogP contribution is 2.16. The van der Waals surface area contributed by atoms with E-state index in [9.17, 15) is 18.4 Å². The molecule has 7 nitrogen and oxygen atoms in total. The number of carbonyl (C=O) groups is 1. The number of hydrogen-bond acceptors (Lipinski definition) is 4. The summed E-state index contributed by atoms with van der Waals surface area (Å²) in [5.41, 5.74) is 0.871. The molecule has 9 heteroatoms. The third kappa shape index (κ3) is 3.26. The van der Waals surface area contributed by atoms with E-state index in [0.29, 0.717) is 10.9 Å². The lowest BCUT2D eigenvalue weighted by molar-refractivity contribution is -0.122. The Hall–Kier alpha value is -3.62. The van der Waals surface area contributed by atoms with Crippen molar-refractivity contribution < 1.29 is 13.6 Å². The normalized spacial score (nSPS) is 11.2. The maximum atomic E-state index is 13.5. The lowest BCUT2D eigenvalue weighted by Gasteiger charge is -2.04. The molecule has 0 saturated heterocycles. The predicted molar refractivity (Wildman–Crippen MR) is 93.0 cm³/mol. The number of rotatable bonds is 4. The van der Waals surface area contributed by atoms with Crippen LogP contribution in [0.4, 0.5) is 8.78 Å². The Kier molecular flexibility index (Phi) is 4.11. The minimum absolute atomic E-state index is 0.191. The number of nitrogens with one attached hydrogen (secondary N) is 1. The van der Waals surface area contributed by atoms with Gasteiger partial charge in [-0.3, -0.25) is 4.79 Å². The van der Waals surface area contributed by atoms with Gasteiger partial charge in [-0.05, 0) is 35.9 Å². The fourth-order valence-electron chi connectivity index (χ4n) is 2.73. The van der Waals surface area contributed by atoms with Gasteiger partial charge in [-0.15, -0.1) is 5.10 Å². The number of carbonyl (C=O) groups excluding carboxylic acids is 1. The van der Waals surface area contributed by atoms with Crippen LogP contribution in [0.3, 0.4) is 0 Å². The van der Waals surface area contributed by atoms with Crippen LogP contribution in [-0.4, -0.2) is 25.1 Å². The van der Waals surface area contributed by atoms with Gasteiger partial charge in [0.15, 0.2) is 5.65 Å². The summed E-state index contributed by atoms with van der Waals surface area (Å²) in [5.74, 6) is -1.27. The number of hydrogen-bond donors (Lipinski definition) is 1. The van der Waals surface area contributed by atoms with Crippen LogP contribution in [-0.2, 0) is 17.9 Å². The van der Waals surface area contributed by atoms with Gasteiger partial charge in [-0.25, -0.2) is 27.6 Å². The van der Waals surface area contributed by atoms with Crippen LogP contribution in [0.15, 0.2) is 53.6 Å². The Morgan fingerprint density at radius 3 is 2.59 bits per heavy atom. The molecule has 0 aliphatic carbocycles. The number of benzene rings is 2. The first-order chi connectivity index (χ1) is 13.0. The molecule has 0 spiro atoms. The SMILES string of the molecule is O=C(Cn1nc2c3cc(F)ccc3ncn2c1=O)NCc1ccc(F)cc1. The fourth-order valence-corrected chi connectivity index (χ4v) is 2.73. The molecule has 0 saturated carbocycles. The monoisotopic (exact) mass is 369 g/mol. The van der Waals surface area contributed by atoms with Gasteiger partial charge in [0.25, 0.3) is 0 Å². The first kappa shape index (κ1) is 16.8. The van der Waals surface area contributed by atoms with Gasteiger partial charge in [0.1, 0.15) is 24.5 Å². The van der Waals surface area contributed by atoms with Crippen molar-refractivity contribution in [3.8, 4) is 0 Å². The Morgan fingerprint density at radius 1 is 1.07 bits per heavy atom. The predicted octanol–water partition coefficient (Wildman–Crippen LogP) is 1.64. The van der Waals surface area contributed by atoms with Gasteiger partial charge in [-0.1, -0.05) is 12.1 Å². The van der Waals surface area contributed by atoms with Crippen molar-refractivity contribution in [1.82, 2.24) is 24.5 Å². The van der Waals surface area contributed by atoms with Crippen LogP contribution in [0.2, 0.25) is 0 Å². The molecule has 4 aromatic rings. The summed E-state index contributed by atoms with van der Waals surface area (Å²) in [6.07, 6.45) is 1.29. The molecule has 0 fully saturated rings. The first-order valence-corrected chi connectivity index (χ1v) is 8.06. The minimum atomic E-state index is -0.555. The zero-order valence-electron chi connectivity index (χ0n) is 13.9. The highest BCUT2D eigenvalue weighted by atomic mass is 19.1. The largest absolute Gasteiger partial charge is 0.352 e. The van der Waals surface area contributed by atoms with Crippen LogP contribution in [0.5, 0.6) is 0 Å². The summed E-state index contributed by atoms with van der Waals surface area (Å²) in [7, 11) is 0. The van der Waals surface area contributed by atoms with Crippen molar-refractivity contribution >= 4 is 22.5 Å². The third-order valence-corrected chi connectivity index (χ3v) is 4.08. The number of fused-ring (bicyclic) bond motifs is 3. The molecular formula is C18H13F2N5O2. The van der Waals surface area contributed by atoms with Crippen LogP contribution in [0, 0.1) is 11.6 Å². The smallest absolute Gasteiger partial charge is 0.350 e. The zero-order valence-corrected chi connectivity index (χ0v) is 13.9. The maximum Gasteiger partial charge on any atom is 0.352 e. The van der Waals surface area contributed by atoms with Crippen molar-refractivity contribution in [3.63, 3.8) is 0 Å². The number of halogens is 2. The summed E-state index contributed by atoms with van der Waals surface area (Å²) < 4.78 is 28.6. The van der Waals surface area contributed by atoms with E-state index in [1.807, 2.05) is 0 Å². The van der Waals surface area contributed by atoms with E-state index in [-0.39, 0.29) is 24.6 Å². The molecule has 136 valence electrons. The van der Waals surface area contributed by atoms with Gasteiger partial charge in [0.2, 0.25) is 5.91 Å². The molecule has 1 N–H and O–H groups in total. The average molecular weight is 369 g/mol. The molecule has 4 rings (SSSR count). The van der Waals surface area contributed by atoms with Gasteiger partial charge in [-0.2, -0.15) is 0 Å². The molecule has 2 aromatic heterocycles. The number of amides is 1. The van der Waals surface area contributed by atoms with Crippen LogP contribution < -0.4 is 11.0 Å². The third-order valence-electron chi connectivity index (χ3n) is 4.08. The van der Waals surface area contributed by atoms with Crippen molar-refractivity contribution in [1.29, 1.82) is 0 Å². The van der Waals surface area contributed by atoms with Crippen LogP contribution >= 0.6 is 0 Å². The van der Waals surface area contributed by atoms with Gasteiger partial charge >= 0.3 is 5.69 Å². The summed E-state index contributed by atoms with van der Waals surface area (Å²) in [6, 6.07) is 9.70. The second-order valence-corrected chi connectivity index (χ2v) is 5.94. The number of nitrogens with zero attached hydrogens (tertiary/aromatic N) is 4. The Labute approximate surface area is 150 Å². The molecule has 0 radical (unpaired) electrons. The Bertz CT molecular complexity index is 1210. The lowest BCUT2D eigenvalue weighted by atomic mass is 10.2.